The molecule has 5 heterocycles. The highest BCUT2D eigenvalue weighted by molar-refractivity contribution is 7.86. The second kappa shape index (κ2) is 8.01. The number of nitrogens with zero attached hydrogens (tertiary/aromatic N) is 6. The zero-order chi connectivity index (χ0) is 22.5. The van der Waals surface area contributed by atoms with Gasteiger partial charge < -0.3 is 10.1 Å². The van der Waals surface area contributed by atoms with E-state index in [1.54, 1.807) is 29.1 Å². The van der Waals surface area contributed by atoms with Gasteiger partial charge in [0.25, 0.3) is 10.2 Å². The van der Waals surface area contributed by atoms with Crippen LogP contribution in [-0.2, 0) is 10.2 Å². The Morgan fingerprint density at radius 3 is 2.84 bits per heavy atom. The summed E-state index contributed by atoms with van der Waals surface area (Å²) < 4.78 is 35.9. The predicted molar refractivity (Wildman–Crippen MR) is 120 cm³/mol. The summed E-state index contributed by atoms with van der Waals surface area (Å²) in [6, 6.07) is 2.06. The van der Waals surface area contributed by atoms with Crippen molar-refractivity contribution in [2.75, 3.05) is 32.6 Å². The zero-order valence-corrected chi connectivity index (χ0v) is 19.2. The fourth-order valence-corrected chi connectivity index (χ4v) is 6.17. The van der Waals surface area contributed by atoms with Crippen LogP contribution in [0.5, 0.6) is 5.75 Å². The smallest absolute Gasteiger partial charge is 0.281 e. The van der Waals surface area contributed by atoms with Gasteiger partial charge in [0.15, 0.2) is 11.4 Å². The maximum Gasteiger partial charge on any atom is 0.281 e. The van der Waals surface area contributed by atoms with Crippen LogP contribution >= 0.6 is 0 Å². The summed E-state index contributed by atoms with van der Waals surface area (Å²) in [7, 11) is -0.237. The van der Waals surface area contributed by atoms with Gasteiger partial charge in [-0.1, -0.05) is 0 Å². The van der Waals surface area contributed by atoms with E-state index < -0.39 is 10.2 Å². The Labute approximate surface area is 186 Å². The Bertz CT molecular complexity index is 1210. The van der Waals surface area contributed by atoms with Crippen LogP contribution in [0.1, 0.15) is 26.2 Å². The van der Waals surface area contributed by atoms with Crippen molar-refractivity contribution < 1.29 is 13.2 Å². The second-order valence-electron chi connectivity index (χ2n) is 8.52. The molecule has 3 atom stereocenters. The van der Waals surface area contributed by atoms with Crippen LogP contribution < -0.4 is 10.1 Å². The van der Waals surface area contributed by atoms with Gasteiger partial charge in [0, 0.05) is 56.2 Å². The molecular formula is C20H28N8O3S. The number of hydrogen-bond acceptors (Lipinski definition) is 7. The first-order chi connectivity index (χ1) is 15.4. The lowest BCUT2D eigenvalue weighted by molar-refractivity contribution is 0.102. The zero-order valence-electron chi connectivity index (χ0n) is 18.4. The monoisotopic (exact) mass is 460 g/mol. The average molecular weight is 461 g/mol. The lowest BCUT2D eigenvalue weighted by Crippen LogP contribution is -2.59. The number of anilines is 1. The van der Waals surface area contributed by atoms with Gasteiger partial charge in [0.05, 0.1) is 12.8 Å². The number of hydrogen-bond donors (Lipinski definition) is 2. The number of rotatable bonds is 7. The minimum absolute atomic E-state index is 0.00592. The fraction of sp³-hybridized carbons (Fsp3) is 0.550. The summed E-state index contributed by atoms with van der Waals surface area (Å²) in [5, 5.41) is 14.9. The first-order valence-corrected chi connectivity index (χ1v) is 12.2. The van der Waals surface area contributed by atoms with Crippen LogP contribution in [-0.4, -0.2) is 81.2 Å². The van der Waals surface area contributed by atoms with Crippen molar-refractivity contribution in [3.63, 3.8) is 0 Å². The molecule has 32 heavy (non-hydrogen) atoms. The third-order valence-corrected chi connectivity index (χ3v) is 8.38. The number of aromatic amines is 1. The van der Waals surface area contributed by atoms with E-state index in [1.807, 2.05) is 25.4 Å². The van der Waals surface area contributed by atoms with Gasteiger partial charge in [-0.15, -0.1) is 5.10 Å². The van der Waals surface area contributed by atoms with Crippen molar-refractivity contribution >= 4 is 21.8 Å². The molecule has 0 aromatic carbocycles. The molecule has 0 spiro atoms. The third-order valence-electron chi connectivity index (χ3n) is 6.42. The Hall–Kier alpha value is -2.70. The van der Waals surface area contributed by atoms with E-state index in [1.165, 1.54) is 4.31 Å². The molecule has 2 aliphatic heterocycles. The molecule has 1 aliphatic carbocycles. The van der Waals surface area contributed by atoms with E-state index >= 15 is 0 Å². The van der Waals surface area contributed by atoms with Crippen LogP contribution in [0, 0.1) is 5.92 Å². The highest BCUT2D eigenvalue weighted by Crippen LogP contribution is 2.39. The SMILES string of the molecule is CCOc1c(-c2cn[nH]c2)ccn2nc(NC3CC4CCC3CN4S(=O)(=O)N(C)C)nc12. The number of fused-ring (bicyclic) bond motifs is 4. The van der Waals surface area contributed by atoms with E-state index in [9.17, 15) is 8.42 Å². The molecule has 2 bridgehead atoms. The topological polar surface area (TPSA) is 121 Å². The number of H-pyrrole nitrogens is 1. The highest BCUT2D eigenvalue weighted by Gasteiger charge is 2.46. The molecule has 172 valence electrons. The predicted octanol–water partition coefficient (Wildman–Crippen LogP) is 1.59. The third kappa shape index (κ3) is 3.51. The second-order valence-corrected chi connectivity index (χ2v) is 10.6. The molecule has 3 unspecified atom stereocenters. The van der Waals surface area contributed by atoms with E-state index in [2.05, 4.69) is 20.6 Å². The van der Waals surface area contributed by atoms with Crippen LogP contribution in [0.3, 0.4) is 0 Å². The largest absolute Gasteiger partial charge is 0.489 e. The van der Waals surface area contributed by atoms with Crippen molar-refractivity contribution in [1.29, 1.82) is 0 Å². The van der Waals surface area contributed by atoms with Crippen LogP contribution in [0.15, 0.2) is 24.7 Å². The first kappa shape index (κ1) is 21.2. The number of pyridine rings is 1. The lowest BCUT2D eigenvalue weighted by atomic mass is 9.77. The summed E-state index contributed by atoms with van der Waals surface area (Å²) in [6.45, 7) is 2.96. The van der Waals surface area contributed by atoms with Gasteiger partial charge in [0.1, 0.15) is 0 Å². The normalized spacial score (nSPS) is 23.8. The summed E-state index contributed by atoms with van der Waals surface area (Å²) in [6.07, 6.45) is 8.04. The fourth-order valence-electron chi connectivity index (χ4n) is 4.80. The Balaban J connectivity index is 1.40. The molecule has 1 saturated carbocycles. The molecule has 2 N–H and O–H groups in total. The van der Waals surface area contributed by atoms with Gasteiger partial charge in [0.2, 0.25) is 5.95 Å². The number of piperidine rings is 2. The molecule has 6 rings (SSSR count). The van der Waals surface area contributed by atoms with Crippen LogP contribution in [0.4, 0.5) is 5.95 Å². The molecule has 3 aromatic heterocycles. The van der Waals surface area contributed by atoms with Crippen LogP contribution in [0.25, 0.3) is 16.8 Å². The average Bonchev–Trinajstić information content (AvgIpc) is 3.44. The summed E-state index contributed by atoms with van der Waals surface area (Å²) in [5.41, 5.74) is 2.44. The van der Waals surface area contributed by atoms with Crippen molar-refractivity contribution in [2.45, 2.75) is 38.3 Å². The molecule has 2 saturated heterocycles. The standard InChI is InChI=1S/C20H28N8O3S/c1-4-31-18-16(14-10-21-22-11-14)7-8-27-19(18)24-20(25-27)23-17-9-15-6-5-13(17)12-28(15)32(29,30)26(2)3/h7-8,10-11,13,15,17H,4-6,9,12H2,1-3H3,(H,21,22)(H,23,25). The maximum atomic E-state index is 12.7. The van der Waals surface area contributed by atoms with Gasteiger partial charge in [-0.2, -0.15) is 27.1 Å². The molecule has 11 nitrogen and oxygen atoms in total. The lowest BCUT2D eigenvalue weighted by Gasteiger charge is -2.49. The maximum absolute atomic E-state index is 12.7. The van der Waals surface area contributed by atoms with Gasteiger partial charge in [-0.05, 0) is 38.2 Å². The van der Waals surface area contributed by atoms with E-state index in [-0.39, 0.29) is 18.0 Å². The van der Waals surface area contributed by atoms with Crippen molar-refractivity contribution in [3.05, 3.63) is 24.7 Å². The molecule has 0 amide bonds. The molecule has 3 fully saturated rings. The van der Waals surface area contributed by atoms with Gasteiger partial charge in [-0.25, -0.2) is 4.52 Å². The molecular weight excluding hydrogens is 432 g/mol. The minimum Gasteiger partial charge on any atom is -0.489 e. The molecule has 3 aromatic rings. The van der Waals surface area contributed by atoms with Crippen molar-refractivity contribution in [2.24, 2.45) is 5.92 Å². The van der Waals surface area contributed by atoms with Crippen molar-refractivity contribution in [3.8, 4) is 16.9 Å². The molecule has 12 heteroatoms. The number of aromatic nitrogens is 5. The summed E-state index contributed by atoms with van der Waals surface area (Å²) in [5.74, 6) is 1.40. The number of nitrogens with one attached hydrogen (secondary N) is 2. The summed E-state index contributed by atoms with van der Waals surface area (Å²) >= 11 is 0. The van der Waals surface area contributed by atoms with E-state index in [4.69, 9.17) is 9.72 Å². The molecule has 0 radical (unpaired) electrons. The van der Waals surface area contributed by atoms with Gasteiger partial charge in [-0.3, -0.25) is 5.10 Å². The van der Waals surface area contributed by atoms with Crippen LogP contribution in [0.2, 0.25) is 0 Å². The minimum atomic E-state index is -3.41. The first-order valence-electron chi connectivity index (χ1n) is 10.9. The van der Waals surface area contributed by atoms with E-state index in [0.717, 1.165) is 30.4 Å². The Kier molecular flexibility index (Phi) is 5.30. The Morgan fingerprint density at radius 1 is 1.34 bits per heavy atom. The van der Waals surface area contributed by atoms with Gasteiger partial charge >= 0.3 is 0 Å². The Morgan fingerprint density at radius 2 is 2.19 bits per heavy atom. The quantitative estimate of drug-likeness (QED) is 0.549. The highest BCUT2D eigenvalue weighted by atomic mass is 32.2. The molecule has 3 aliphatic rings. The summed E-state index contributed by atoms with van der Waals surface area (Å²) in [4.78, 5) is 4.72. The van der Waals surface area contributed by atoms with E-state index in [0.29, 0.717) is 30.5 Å². The number of ether oxygens (including phenoxy) is 1. The van der Waals surface area contributed by atoms with Crippen molar-refractivity contribution in [1.82, 2.24) is 33.4 Å².